The van der Waals surface area contributed by atoms with Crippen molar-refractivity contribution in [3.05, 3.63) is 34.3 Å². The monoisotopic (exact) mass is 282 g/mol. The third-order valence-corrected chi connectivity index (χ3v) is 3.85. The molecule has 16 heavy (non-hydrogen) atoms. The van der Waals surface area contributed by atoms with Crippen LogP contribution in [0.15, 0.2) is 28.7 Å². The van der Waals surface area contributed by atoms with Crippen LogP contribution in [0.5, 0.6) is 0 Å². The van der Waals surface area contributed by atoms with E-state index in [1.165, 1.54) is 5.56 Å². The minimum Gasteiger partial charge on any atom is -0.379 e. The smallest absolute Gasteiger partial charge is 0.129 e. The first-order valence-corrected chi connectivity index (χ1v) is 6.26. The number of carbonyl (C=O) groups excluding carboxylic acids is 1. The van der Waals surface area contributed by atoms with E-state index in [-0.39, 0.29) is 11.2 Å². The van der Waals surface area contributed by atoms with Gasteiger partial charge in [0.1, 0.15) is 5.78 Å². The summed E-state index contributed by atoms with van der Waals surface area (Å²) in [5.41, 5.74) is 1.31. The van der Waals surface area contributed by atoms with Gasteiger partial charge in [-0.15, -0.1) is 0 Å². The Kier molecular flexibility index (Phi) is 3.45. The lowest BCUT2D eigenvalue weighted by Crippen LogP contribution is -2.47. The average Bonchev–Trinajstić information content (AvgIpc) is 2.18. The molecular weight excluding hydrogens is 268 g/mol. The maximum absolute atomic E-state index is 11.1. The quantitative estimate of drug-likeness (QED) is 0.848. The summed E-state index contributed by atoms with van der Waals surface area (Å²) < 4.78 is 6.46. The molecule has 1 aliphatic heterocycles. The molecule has 86 valence electrons. The number of carbonyl (C=O) groups is 1. The minimum absolute atomic E-state index is 0.0474. The zero-order valence-corrected chi connectivity index (χ0v) is 10.9. The van der Waals surface area contributed by atoms with E-state index in [1.807, 2.05) is 18.2 Å². The maximum Gasteiger partial charge on any atom is 0.129 e. The van der Waals surface area contributed by atoms with E-state index in [2.05, 4.69) is 22.0 Å². The van der Waals surface area contributed by atoms with Crippen LogP contribution in [-0.2, 0) is 14.9 Å². The fourth-order valence-electron chi connectivity index (χ4n) is 2.09. The first-order valence-electron chi connectivity index (χ1n) is 5.46. The van der Waals surface area contributed by atoms with Gasteiger partial charge in [0.25, 0.3) is 0 Å². The molecule has 2 nitrogen and oxygen atoms in total. The van der Waals surface area contributed by atoms with Crippen LogP contribution in [0.25, 0.3) is 0 Å². The second kappa shape index (κ2) is 4.68. The summed E-state index contributed by atoms with van der Waals surface area (Å²) >= 11 is 3.57. The van der Waals surface area contributed by atoms with Gasteiger partial charge in [-0.3, -0.25) is 0 Å². The second-order valence-corrected chi connectivity index (χ2v) is 5.31. The van der Waals surface area contributed by atoms with E-state index in [4.69, 9.17) is 4.74 Å². The summed E-state index contributed by atoms with van der Waals surface area (Å²) in [6.45, 7) is 3.10. The molecule has 0 amide bonds. The van der Waals surface area contributed by atoms with E-state index >= 15 is 0 Å². The van der Waals surface area contributed by atoms with Crippen LogP contribution in [0.1, 0.15) is 25.3 Å². The van der Waals surface area contributed by atoms with Crippen molar-refractivity contribution in [2.45, 2.75) is 25.2 Å². The molecule has 3 heteroatoms. The number of hydrogen-bond acceptors (Lipinski definition) is 2. The molecule has 0 radical (unpaired) electrons. The van der Waals surface area contributed by atoms with Crippen LogP contribution in [-0.4, -0.2) is 19.0 Å². The molecule has 0 unspecified atom stereocenters. The summed E-state index contributed by atoms with van der Waals surface area (Å²) in [5.74, 6) is 0.248. The summed E-state index contributed by atoms with van der Waals surface area (Å²) in [4.78, 5) is 11.1. The first kappa shape index (κ1) is 11.8. The van der Waals surface area contributed by atoms with Crippen LogP contribution in [0.2, 0.25) is 0 Å². The molecule has 0 saturated carbocycles. The number of hydrogen-bond donors (Lipinski definition) is 0. The molecular formula is C13H15BrO2. The predicted octanol–water partition coefficient (Wildman–Crippen LogP) is 3.09. The molecule has 0 N–H and O–H groups in total. The lowest BCUT2D eigenvalue weighted by atomic mass is 9.75. The lowest BCUT2D eigenvalue weighted by Gasteiger charge is -2.42. The Morgan fingerprint density at radius 1 is 1.44 bits per heavy atom. The molecule has 0 spiro atoms. The minimum atomic E-state index is 0.0474. The molecule has 2 rings (SSSR count). The molecule has 1 aromatic carbocycles. The first-order chi connectivity index (χ1) is 7.64. The summed E-state index contributed by atoms with van der Waals surface area (Å²) in [6, 6.07) is 8.20. The van der Waals surface area contributed by atoms with Gasteiger partial charge < -0.3 is 9.53 Å². The maximum atomic E-state index is 11.1. The summed E-state index contributed by atoms with van der Waals surface area (Å²) in [5, 5.41) is 0. The molecule has 1 fully saturated rings. The van der Waals surface area contributed by atoms with Gasteiger partial charge in [-0.25, -0.2) is 0 Å². The summed E-state index contributed by atoms with van der Waals surface area (Å²) in [7, 11) is 0. The molecule has 0 aromatic heterocycles. The lowest BCUT2D eigenvalue weighted by molar-refractivity contribution is -0.119. The van der Waals surface area contributed by atoms with Crippen molar-refractivity contribution >= 4 is 21.7 Å². The zero-order valence-electron chi connectivity index (χ0n) is 9.33. The number of halogens is 1. The number of benzene rings is 1. The van der Waals surface area contributed by atoms with E-state index in [1.54, 1.807) is 6.92 Å². The van der Waals surface area contributed by atoms with E-state index in [0.717, 1.165) is 24.1 Å². The van der Waals surface area contributed by atoms with Crippen LogP contribution in [0, 0.1) is 0 Å². The Bertz CT molecular complexity index is 397. The molecule has 1 aromatic rings. The predicted molar refractivity (Wildman–Crippen MR) is 66.6 cm³/mol. The normalized spacial score (nSPS) is 17.9. The third kappa shape index (κ3) is 2.20. The van der Waals surface area contributed by atoms with Gasteiger partial charge in [0.15, 0.2) is 0 Å². The highest BCUT2D eigenvalue weighted by atomic mass is 79.9. The van der Waals surface area contributed by atoms with Crippen molar-refractivity contribution in [1.29, 1.82) is 0 Å². The number of rotatable bonds is 4. The molecule has 0 atom stereocenters. The van der Waals surface area contributed by atoms with Gasteiger partial charge in [-0.05, 0) is 25.0 Å². The Balaban J connectivity index is 2.21. The Morgan fingerprint density at radius 3 is 2.62 bits per heavy atom. The van der Waals surface area contributed by atoms with Gasteiger partial charge in [-0.1, -0.05) is 34.1 Å². The largest absolute Gasteiger partial charge is 0.379 e. The third-order valence-electron chi connectivity index (χ3n) is 3.16. The highest BCUT2D eigenvalue weighted by Gasteiger charge is 2.41. The SMILES string of the molecule is CC(=O)CCC1(c2ccccc2Br)COC1. The Morgan fingerprint density at radius 2 is 2.12 bits per heavy atom. The highest BCUT2D eigenvalue weighted by molar-refractivity contribution is 9.10. The molecule has 0 aliphatic carbocycles. The van der Waals surface area contributed by atoms with Crippen molar-refractivity contribution < 1.29 is 9.53 Å². The molecule has 1 aliphatic rings. The van der Waals surface area contributed by atoms with Crippen LogP contribution in [0.4, 0.5) is 0 Å². The van der Waals surface area contributed by atoms with Crippen LogP contribution in [0.3, 0.4) is 0 Å². The van der Waals surface area contributed by atoms with Crippen LogP contribution >= 0.6 is 15.9 Å². The Hall–Kier alpha value is -0.670. The molecule has 0 bridgehead atoms. The second-order valence-electron chi connectivity index (χ2n) is 4.45. The van der Waals surface area contributed by atoms with Crippen molar-refractivity contribution in [2.24, 2.45) is 0 Å². The zero-order chi connectivity index (χ0) is 11.6. The summed E-state index contributed by atoms with van der Waals surface area (Å²) in [6.07, 6.45) is 1.51. The van der Waals surface area contributed by atoms with Gasteiger partial charge in [0, 0.05) is 16.3 Å². The Labute approximate surface area is 104 Å². The highest BCUT2D eigenvalue weighted by Crippen LogP contribution is 2.40. The van der Waals surface area contributed by atoms with Crippen LogP contribution < -0.4 is 0 Å². The topological polar surface area (TPSA) is 26.3 Å². The molecule has 1 heterocycles. The van der Waals surface area contributed by atoms with Crippen molar-refractivity contribution in [2.75, 3.05) is 13.2 Å². The van der Waals surface area contributed by atoms with E-state index < -0.39 is 0 Å². The number of ketones is 1. The fourth-order valence-corrected chi connectivity index (χ4v) is 2.79. The fraction of sp³-hybridized carbons (Fsp3) is 0.462. The van der Waals surface area contributed by atoms with Crippen molar-refractivity contribution in [1.82, 2.24) is 0 Å². The van der Waals surface area contributed by atoms with Gasteiger partial charge in [0.2, 0.25) is 0 Å². The van der Waals surface area contributed by atoms with E-state index in [0.29, 0.717) is 6.42 Å². The van der Waals surface area contributed by atoms with E-state index in [9.17, 15) is 4.79 Å². The average molecular weight is 283 g/mol. The van der Waals surface area contributed by atoms with Gasteiger partial charge in [-0.2, -0.15) is 0 Å². The molecule has 1 saturated heterocycles. The van der Waals surface area contributed by atoms with Crippen molar-refractivity contribution in [3.8, 4) is 0 Å². The van der Waals surface area contributed by atoms with Crippen molar-refractivity contribution in [3.63, 3.8) is 0 Å². The number of Topliss-reactive ketones (excluding diaryl/α,β-unsaturated/α-hetero) is 1. The number of ether oxygens (including phenoxy) is 1. The standard InChI is InChI=1S/C13H15BrO2/c1-10(15)6-7-13(8-16-9-13)11-4-2-3-5-12(11)14/h2-5H,6-9H2,1H3. The van der Waals surface area contributed by atoms with Gasteiger partial charge in [0.05, 0.1) is 13.2 Å². The van der Waals surface area contributed by atoms with Gasteiger partial charge >= 0.3 is 0 Å².